The maximum Gasteiger partial charge on any atom is 0.417 e. The number of carbonyl (C=O) groups is 1. The van der Waals surface area contributed by atoms with Crippen molar-refractivity contribution in [2.24, 2.45) is 4.99 Å². The molecule has 1 unspecified atom stereocenters. The Morgan fingerprint density at radius 2 is 2.00 bits per heavy atom. The lowest BCUT2D eigenvalue weighted by Gasteiger charge is -2.33. The number of hydrogen-bond donors (Lipinski definition) is 1. The third kappa shape index (κ3) is 3.37. The van der Waals surface area contributed by atoms with Crippen LogP contribution < -0.4 is 5.32 Å². The summed E-state index contributed by atoms with van der Waals surface area (Å²) in [6.07, 6.45) is -3.05. The van der Waals surface area contributed by atoms with E-state index in [1.165, 1.54) is 25.1 Å². The molecule has 2 rings (SSSR count). The molecule has 1 aromatic rings. The van der Waals surface area contributed by atoms with Crippen LogP contribution in [0.5, 0.6) is 0 Å². The molecule has 0 fully saturated rings. The van der Waals surface area contributed by atoms with Crippen molar-refractivity contribution < 1.29 is 18.0 Å². The average Bonchev–Trinajstić information content (AvgIpc) is 2.56. The van der Waals surface area contributed by atoms with E-state index in [1.54, 1.807) is 0 Å². The highest BCUT2D eigenvalue weighted by Gasteiger charge is 2.57. The zero-order valence-corrected chi connectivity index (χ0v) is 13.7. The highest BCUT2D eigenvalue weighted by molar-refractivity contribution is 6.42. The second-order valence-electron chi connectivity index (χ2n) is 5.66. The number of unbranched alkanes of at least 4 members (excludes halogenated alkanes) is 2. The molecule has 1 aromatic carbocycles. The van der Waals surface area contributed by atoms with Gasteiger partial charge in [0.1, 0.15) is 0 Å². The molecule has 0 saturated carbocycles. The highest BCUT2D eigenvalue weighted by Crippen LogP contribution is 2.50. The van der Waals surface area contributed by atoms with Crippen molar-refractivity contribution >= 4 is 28.9 Å². The second-order valence-corrected chi connectivity index (χ2v) is 6.09. The maximum atomic E-state index is 14.0. The summed E-state index contributed by atoms with van der Waals surface area (Å²) in [5.41, 5.74) is -2.63. The Kier molecular flexibility index (Phi) is 5.04. The SMILES string of the molecule is CCCCCC1(C(F)(F)F)N=C(C)C(=O)Nc2ccc(Cl)cc21. The number of aliphatic imine (C=N–C) groups is 1. The number of rotatable bonds is 4. The number of benzene rings is 1. The second kappa shape index (κ2) is 6.51. The van der Waals surface area contributed by atoms with Gasteiger partial charge >= 0.3 is 6.18 Å². The Labute approximate surface area is 137 Å². The van der Waals surface area contributed by atoms with E-state index in [0.29, 0.717) is 12.8 Å². The zero-order chi connectivity index (χ0) is 17.3. The van der Waals surface area contributed by atoms with Gasteiger partial charge < -0.3 is 5.32 Å². The van der Waals surface area contributed by atoms with Gasteiger partial charge in [-0.2, -0.15) is 13.2 Å². The molecule has 0 spiro atoms. The van der Waals surface area contributed by atoms with Crippen molar-refractivity contribution in [3.05, 3.63) is 28.8 Å². The Balaban J connectivity index is 2.69. The predicted octanol–water partition coefficient (Wildman–Crippen LogP) is 5.09. The molecule has 0 aromatic heterocycles. The molecule has 1 amide bonds. The van der Waals surface area contributed by atoms with Crippen molar-refractivity contribution in [1.29, 1.82) is 0 Å². The molecule has 1 heterocycles. The Morgan fingerprint density at radius 1 is 1.30 bits per heavy atom. The molecule has 23 heavy (non-hydrogen) atoms. The van der Waals surface area contributed by atoms with Crippen LogP contribution in [-0.2, 0) is 10.3 Å². The van der Waals surface area contributed by atoms with Gasteiger partial charge in [-0.3, -0.25) is 9.79 Å². The quantitative estimate of drug-likeness (QED) is 0.758. The van der Waals surface area contributed by atoms with Crippen molar-refractivity contribution in [2.75, 3.05) is 5.32 Å². The Morgan fingerprint density at radius 3 is 2.61 bits per heavy atom. The third-order valence-corrected chi connectivity index (χ3v) is 4.21. The van der Waals surface area contributed by atoms with E-state index in [-0.39, 0.29) is 28.4 Å². The van der Waals surface area contributed by atoms with E-state index in [1.807, 2.05) is 6.92 Å². The number of alkyl halides is 3. The smallest absolute Gasteiger partial charge is 0.321 e. The predicted molar refractivity (Wildman–Crippen MR) is 85.1 cm³/mol. The van der Waals surface area contributed by atoms with E-state index >= 15 is 0 Å². The van der Waals surface area contributed by atoms with Crippen LogP contribution in [0.2, 0.25) is 5.02 Å². The number of hydrogen-bond acceptors (Lipinski definition) is 2. The average molecular weight is 347 g/mol. The third-order valence-electron chi connectivity index (χ3n) is 3.97. The number of carbonyl (C=O) groups excluding carboxylic acids is 1. The van der Waals surface area contributed by atoms with Gasteiger partial charge in [0.2, 0.25) is 0 Å². The van der Waals surface area contributed by atoms with Crippen LogP contribution >= 0.6 is 11.6 Å². The number of anilines is 1. The van der Waals surface area contributed by atoms with Gasteiger partial charge in [-0.05, 0) is 31.5 Å². The number of nitrogens with zero attached hydrogens (tertiary/aromatic N) is 1. The summed E-state index contributed by atoms with van der Waals surface area (Å²) < 4.78 is 42.1. The van der Waals surface area contributed by atoms with Crippen molar-refractivity contribution in [3.63, 3.8) is 0 Å². The Hall–Kier alpha value is -1.56. The summed E-state index contributed by atoms with van der Waals surface area (Å²) in [6.45, 7) is 3.21. The highest BCUT2D eigenvalue weighted by atomic mass is 35.5. The number of amides is 1. The summed E-state index contributed by atoms with van der Waals surface area (Å²) in [6, 6.07) is 4.09. The fourth-order valence-electron chi connectivity index (χ4n) is 2.76. The van der Waals surface area contributed by atoms with Gasteiger partial charge in [-0.15, -0.1) is 0 Å². The first-order valence-corrected chi connectivity index (χ1v) is 7.83. The minimum Gasteiger partial charge on any atom is -0.321 e. The van der Waals surface area contributed by atoms with Gasteiger partial charge in [0.25, 0.3) is 5.91 Å². The number of halogens is 4. The van der Waals surface area contributed by atoms with Crippen molar-refractivity contribution in [3.8, 4) is 0 Å². The fourth-order valence-corrected chi connectivity index (χ4v) is 2.93. The summed E-state index contributed by atoms with van der Waals surface area (Å²) in [7, 11) is 0. The van der Waals surface area contributed by atoms with Gasteiger partial charge in [0.05, 0.1) is 5.71 Å². The lowest BCUT2D eigenvalue weighted by molar-refractivity contribution is -0.190. The summed E-state index contributed by atoms with van der Waals surface area (Å²) in [4.78, 5) is 15.8. The molecular formula is C16H18ClF3N2O. The normalized spacial score (nSPS) is 21.3. The molecule has 7 heteroatoms. The van der Waals surface area contributed by atoms with Crippen LogP contribution in [0.1, 0.15) is 45.1 Å². The molecule has 0 saturated heterocycles. The first-order chi connectivity index (χ1) is 10.7. The van der Waals surface area contributed by atoms with Crippen LogP contribution in [0.25, 0.3) is 0 Å². The van der Waals surface area contributed by atoms with Crippen LogP contribution in [0, 0.1) is 0 Å². The largest absolute Gasteiger partial charge is 0.417 e. The van der Waals surface area contributed by atoms with Gasteiger partial charge in [-0.25, -0.2) is 0 Å². The number of nitrogens with one attached hydrogen (secondary N) is 1. The molecule has 0 bridgehead atoms. The lowest BCUT2D eigenvalue weighted by atomic mass is 9.83. The lowest BCUT2D eigenvalue weighted by Crippen LogP contribution is -2.41. The maximum absolute atomic E-state index is 14.0. The summed E-state index contributed by atoms with van der Waals surface area (Å²) in [5.74, 6) is -0.629. The van der Waals surface area contributed by atoms with E-state index in [9.17, 15) is 18.0 Å². The van der Waals surface area contributed by atoms with E-state index in [4.69, 9.17) is 11.6 Å². The minimum absolute atomic E-state index is 0.0983. The van der Waals surface area contributed by atoms with Crippen molar-refractivity contribution in [2.45, 2.75) is 51.2 Å². The molecule has 1 N–H and O–H groups in total. The Bertz CT molecular complexity index is 643. The fraction of sp³-hybridized carbons (Fsp3) is 0.500. The molecule has 1 aliphatic heterocycles. The van der Waals surface area contributed by atoms with E-state index < -0.39 is 17.6 Å². The van der Waals surface area contributed by atoms with Crippen molar-refractivity contribution in [1.82, 2.24) is 0 Å². The van der Waals surface area contributed by atoms with Crippen LogP contribution in [0.4, 0.5) is 18.9 Å². The minimum atomic E-state index is -4.63. The summed E-state index contributed by atoms with van der Waals surface area (Å²) >= 11 is 5.91. The summed E-state index contributed by atoms with van der Waals surface area (Å²) in [5, 5.41) is 2.67. The molecule has 0 aliphatic carbocycles. The topological polar surface area (TPSA) is 41.5 Å². The standard InChI is InChI=1S/C16H18ClF3N2O/c1-3-4-5-8-15(16(18,19)20)12-9-11(17)6-7-13(12)21-14(23)10(2)22-15/h6-7,9H,3-5,8H2,1-2H3,(H,21,23). The van der Waals surface area contributed by atoms with Crippen LogP contribution in [-0.4, -0.2) is 17.8 Å². The first-order valence-electron chi connectivity index (χ1n) is 7.46. The van der Waals surface area contributed by atoms with Crippen LogP contribution in [0.3, 0.4) is 0 Å². The zero-order valence-electron chi connectivity index (χ0n) is 12.9. The van der Waals surface area contributed by atoms with Gasteiger partial charge in [0.15, 0.2) is 5.54 Å². The monoisotopic (exact) mass is 346 g/mol. The van der Waals surface area contributed by atoms with Gasteiger partial charge in [-0.1, -0.05) is 37.8 Å². The van der Waals surface area contributed by atoms with E-state index in [0.717, 1.165) is 6.42 Å². The van der Waals surface area contributed by atoms with E-state index in [2.05, 4.69) is 10.3 Å². The molecule has 0 radical (unpaired) electrons. The number of fused-ring (bicyclic) bond motifs is 1. The van der Waals surface area contributed by atoms with Gasteiger partial charge in [0, 0.05) is 16.3 Å². The molecule has 3 nitrogen and oxygen atoms in total. The molecule has 1 atom stereocenters. The molecular weight excluding hydrogens is 329 g/mol. The molecule has 1 aliphatic rings. The first kappa shape index (κ1) is 17.8. The van der Waals surface area contributed by atoms with Crippen LogP contribution in [0.15, 0.2) is 23.2 Å². The molecule has 126 valence electrons.